The Morgan fingerprint density at radius 2 is 1.85 bits per heavy atom. The van der Waals surface area contributed by atoms with Gasteiger partial charge in [0.05, 0.1) is 0 Å². The highest BCUT2D eigenvalue weighted by Gasteiger charge is 2.18. The van der Waals surface area contributed by atoms with E-state index in [1.165, 1.54) is 0 Å². The molecule has 5 heteroatoms. The zero-order valence-corrected chi connectivity index (χ0v) is 7.78. The van der Waals surface area contributed by atoms with Crippen LogP contribution in [-0.4, -0.2) is 34.2 Å². The smallest absolute Gasteiger partial charge is 0.320 e. The van der Waals surface area contributed by atoms with Gasteiger partial charge in [0.1, 0.15) is 6.04 Å². The van der Waals surface area contributed by atoms with Crippen molar-refractivity contribution in [3.8, 4) is 0 Å². The van der Waals surface area contributed by atoms with E-state index in [1.54, 1.807) is 0 Å². The molecule has 0 saturated carbocycles. The average molecular weight is 189 g/mol. The zero-order chi connectivity index (χ0) is 10.4. The number of carboxylic acids is 2. The van der Waals surface area contributed by atoms with E-state index in [9.17, 15) is 9.59 Å². The Labute approximate surface area is 76.8 Å². The fourth-order valence-corrected chi connectivity index (χ4v) is 0.948. The van der Waals surface area contributed by atoms with Crippen LogP contribution in [0.3, 0.4) is 0 Å². The molecular formula is C8H15NO4. The van der Waals surface area contributed by atoms with Gasteiger partial charge in [0.2, 0.25) is 0 Å². The van der Waals surface area contributed by atoms with Crippen molar-refractivity contribution >= 4 is 11.9 Å². The molecule has 0 spiro atoms. The van der Waals surface area contributed by atoms with Crippen LogP contribution in [-0.2, 0) is 9.59 Å². The molecule has 0 aromatic carbocycles. The molecule has 13 heavy (non-hydrogen) atoms. The van der Waals surface area contributed by atoms with Crippen LogP contribution in [0.5, 0.6) is 0 Å². The largest absolute Gasteiger partial charge is 0.481 e. The van der Waals surface area contributed by atoms with Crippen LogP contribution >= 0.6 is 0 Å². The topological polar surface area (TPSA) is 86.6 Å². The summed E-state index contributed by atoms with van der Waals surface area (Å²) in [7, 11) is 0. The molecule has 0 saturated heterocycles. The van der Waals surface area contributed by atoms with Crippen LogP contribution in [0, 0.1) is 0 Å². The lowest BCUT2D eigenvalue weighted by Crippen LogP contribution is -2.41. The van der Waals surface area contributed by atoms with E-state index in [4.69, 9.17) is 10.2 Å². The summed E-state index contributed by atoms with van der Waals surface area (Å²) >= 11 is 0. The molecular weight excluding hydrogens is 174 g/mol. The maximum atomic E-state index is 10.6. The number of carbonyl (C=O) groups is 2. The first kappa shape index (κ1) is 11.9. The molecule has 0 unspecified atom stereocenters. The Hall–Kier alpha value is -1.10. The standard InChI is InChI=1S/C8H15NO4/c1-5(2)9-6(8(12)13)3-4-7(10)11/h5-6,9H,3-4H2,1-2H3,(H,10,11)(H,12,13)/t6-/m1/s1. The summed E-state index contributed by atoms with van der Waals surface area (Å²) in [4.78, 5) is 20.8. The Balaban J connectivity index is 3.95. The van der Waals surface area contributed by atoms with Gasteiger partial charge in [-0.25, -0.2) is 0 Å². The van der Waals surface area contributed by atoms with E-state index < -0.39 is 18.0 Å². The normalized spacial score (nSPS) is 12.8. The number of rotatable bonds is 6. The van der Waals surface area contributed by atoms with Crippen molar-refractivity contribution in [1.29, 1.82) is 0 Å². The molecule has 0 heterocycles. The summed E-state index contributed by atoms with van der Waals surface area (Å²) in [6, 6.07) is -0.731. The number of hydrogen-bond acceptors (Lipinski definition) is 3. The van der Waals surface area contributed by atoms with E-state index >= 15 is 0 Å². The van der Waals surface area contributed by atoms with Crippen molar-refractivity contribution in [3.05, 3.63) is 0 Å². The van der Waals surface area contributed by atoms with Crippen molar-refractivity contribution in [2.24, 2.45) is 0 Å². The van der Waals surface area contributed by atoms with Crippen molar-refractivity contribution < 1.29 is 19.8 Å². The molecule has 0 radical (unpaired) electrons. The number of aliphatic carboxylic acids is 2. The van der Waals surface area contributed by atoms with E-state index in [1.807, 2.05) is 13.8 Å². The van der Waals surface area contributed by atoms with Crippen molar-refractivity contribution in [2.45, 2.75) is 38.8 Å². The fraction of sp³-hybridized carbons (Fsp3) is 0.750. The average Bonchev–Trinajstić information content (AvgIpc) is 1.96. The van der Waals surface area contributed by atoms with Crippen molar-refractivity contribution in [2.75, 3.05) is 0 Å². The molecule has 0 aromatic rings. The number of carboxylic acid groups (broad SMARTS) is 2. The van der Waals surface area contributed by atoms with Gasteiger partial charge in [0.25, 0.3) is 0 Å². The molecule has 0 aromatic heterocycles. The fourth-order valence-electron chi connectivity index (χ4n) is 0.948. The Kier molecular flexibility index (Phi) is 5.06. The summed E-state index contributed by atoms with van der Waals surface area (Å²) < 4.78 is 0. The van der Waals surface area contributed by atoms with Crippen molar-refractivity contribution in [3.63, 3.8) is 0 Å². The Morgan fingerprint density at radius 3 is 2.15 bits per heavy atom. The molecule has 0 aliphatic carbocycles. The van der Waals surface area contributed by atoms with Gasteiger partial charge in [-0.1, -0.05) is 13.8 Å². The molecule has 1 atom stereocenters. The summed E-state index contributed by atoms with van der Waals surface area (Å²) in [6.07, 6.45) is -0.0144. The molecule has 0 aliphatic heterocycles. The maximum absolute atomic E-state index is 10.6. The predicted octanol–water partition coefficient (Wildman–Crippen LogP) is 0.302. The van der Waals surface area contributed by atoms with E-state index in [2.05, 4.69) is 5.32 Å². The summed E-state index contributed by atoms with van der Waals surface area (Å²) in [5.74, 6) is -1.98. The second-order valence-electron chi connectivity index (χ2n) is 3.14. The van der Waals surface area contributed by atoms with Gasteiger partial charge < -0.3 is 15.5 Å². The zero-order valence-electron chi connectivity index (χ0n) is 7.78. The molecule has 0 bridgehead atoms. The second-order valence-corrected chi connectivity index (χ2v) is 3.14. The molecule has 3 N–H and O–H groups in total. The second kappa shape index (κ2) is 5.53. The van der Waals surface area contributed by atoms with Gasteiger partial charge in [0.15, 0.2) is 0 Å². The van der Waals surface area contributed by atoms with E-state index in [-0.39, 0.29) is 18.9 Å². The van der Waals surface area contributed by atoms with Gasteiger partial charge in [-0.05, 0) is 6.42 Å². The van der Waals surface area contributed by atoms with Gasteiger partial charge in [-0.2, -0.15) is 0 Å². The molecule has 5 nitrogen and oxygen atoms in total. The quantitative estimate of drug-likeness (QED) is 0.559. The molecule has 0 rings (SSSR count). The molecule has 0 fully saturated rings. The molecule has 0 aliphatic rings. The SMILES string of the molecule is CC(C)N[C@H](CCC(=O)O)C(=O)O. The lowest BCUT2D eigenvalue weighted by atomic mass is 10.1. The monoisotopic (exact) mass is 189 g/mol. The van der Waals surface area contributed by atoms with Gasteiger partial charge >= 0.3 is 11.9 Å². The first-order valence-corrected chi connectivity index (χ1v) is 4.14. The Bertz CT molecular complexity index is 191. The number of nitrogens with one attached hydrogen (secondary N) is 1. The van der Waals surface area contributed by atoms with Crippen LogP contribution < -0.4 is 5.32 Å². The molecule has 76 valence electrons. The summed E-state index contributed by atoms with van der Waals surface area (Å²) in [6.45, 7) is 3.63. The first-order chi connectivity index (χ1) is 5.93. The summed E-state index contributed by atoms with van der Waals surface area (Å²) in [5.41, 5.74) is 0. The van der Waals surface area contributed by atoms with Crippen molar-refractivity contribution in [1.82, 2.24) is 5.32 Å². The van der Waals surface area contributed by atoms with Crippen LogP contribution in [0.15, 0.2) is 0 Å². The van der Waals surface area contributed by atoms with Crippen LogP contribution in [0.4, 0.5) is 0 Å². The molecule has 0 amide bonds. The minimum atomic E-state index is -1.00. The van der Waals surface area contributed by atoms with Gasteiger partial charge in [-0.15, -0.1) is 0 Å². The van der Waals surface area contributed by atoms with Gasteiger partial charge in [-0.3, -0.25) is 9.59 Å². The predicted molar refractivity (Wildman–Crippen MR) is 46.6 cm³/mol. The van der Waals surface area contributed by atoms with E-state index in [0.717, 1.165) is 0 Å². The third-order valence-electron chi connectivity index (χ3n) is 1.48. The third-order valence-corrected chi connectivity index (χ3v) is 1.48. The first-order valence-electron chi connectivity index (χ1n) is 4.14. The van der Waals surface area contributed by atoms with Crippen LogP contribution in [0.25, 0.3) is 0 Å². The third kappa shape index (κ3) is 6.10. The lowest BCUT2D eigenvalue weighted by molar-refractivity contribution is -0.140. The van der Waals surface area contributed by atoms with Gasteiger partial charge in [0, 0.05) is 12.5 Å². The van der Waals surface area contributed by atoms with Crippen LogP contribution in [0.1, 0.15) is 26.7 Å². The highest BCUT2D eigenvalue weighted by molar-refractivity contribution is 5.75. The Morgan fingerprint density at radius 1 is 1.31 bits per heavy atom. The minimum Gasteiger partial charge on any atom is -0.481 e. The number of hydrogen-bond donors (Lipinski definition) is 3. The highest BCUT2D eigenvalue weighted by atomic mass is 16.4. The highest BCUT2D eigenvalue weighted by Crippen LogP contribution is 1.99. The summed E-state index contributed by atoms with van der Waals surface area (Å²) in [5, 5.41) is 19.8. The van der Waals surface area contributed by atoms with E-state index in [0.29, 0.717) is 0 Å². The van der Waals surface area contributed by atoms with Crippen LogP contribution in [0.2, 0.25) is 0 Å². The minimum absolute atomic E-state index is 0.0369. The maximum Gasteiger partial charge on any atom is 0.320 e. The lowest BCUT2D eigenvalue weighted by Gasteiger charge is -2.15.